The summed E-state index contributed by atoms with van der Waals surface area (Å²) in [5.41, 5.74) is 5.46. The van der Waals surface area contributed by atoms with E-state index in [2.05, 4.69) is 98.8 Å². The molecule has 0 saturated carbocycles. The van der Waals surface area contributed by atoms with E-state index in [1.54, 1.807) is 0 Å². The van der Waals surface area contributed by atoms with Gasteiger partial charge in [0.15, 0.2) is 0 Å². The molecule has 0 amide bonds. The predicted octanol–water partition coefficient (Wildman–Crippen LogP) is 6.07. The van der Waals surface area contributed by atoms with Gasteiger partial charge in [0, 0.05) is 5.92 Å². The average Bonchev–Trinajstić information content (AvgIpc) is 2.58. The molecule has 0 saturated heterocycles. The van der Waals surface area contributed by atoms with Gasteiger partial charge in [-0.05, 0) is 34.6 Å². The van der Waals surface area contributed by atoms with Crippen molar-refractivity contribution >= 4 is 0 Å². The van der Waals surface area contributed by atoms with Gasteiger partial charge in [-0.3, -0.25) is 0 Å². The van der Waals surface area contributed by atoms with E-state index in [0.29, 0.717) is 11.8 Å². The first-order valence-electron chi connectivity index (χ1n) is 8.43. The highest BCUT2D eigenvalue weighted by Gasteiger charge is 2.16. The SMILES string of the molecule is CC(C)Cc1ccc(C(c2ccccc2)c2ccccc2)cc1. The first-order valence-corrected chi connectivity index (χ1v) is 8.43. The number of hydrogen-bond donors (Lipinski definition) is 0. The van der Waals surface area contributed by atoms with Crippen LogP contribution in [0.2, 0.25) is 0 Å². The zero-order chi connectivity index (χ0) is 16.1. The fraction of sp³-hybridized carbons (Fsp3) is 0.217. The summed E-state index contributed by atoms with van der Waals surface area (Å²) in [6.45, 7) is 4.54. The summed E-state index contributed by atoms with van der Waals surface area (Å²) in [6, 6.07) is 30.7. The van der Waals surface area contributed by atoms with E-state index in [-0.39, 0.29) is 0 Å². The maximum Gasteiger partial charge on any atom is 0.0339 e. The van der Waals surface area contributed by atoms with Gasteiger partial charge in [-0.1, -0.05) is 98.8 Å². The molecule has 0 heteroatoms. The normalized spacial score (nSPS) is 11.1. The number of rotatable bonds is 5. The van der Waals surface area contributed by atoms with Crippen LogP contribution in [-0.2, 0) is 6.42 Å². The van der Waals surface area contributed by atoms with Gasteiger partial charge in [-0.15, -0.1) is 0 Å². The lowest BCUT2D eigenvalue weighted by atomic mass is 9.84. The summed E-state index contributed by atoms with van der Waals surface area (Å²) in [5, 5.41) is 0. The van der Waals surface area contributed by atoms with Crippen LogP contribution < -0.4 is 0 Å². The Kier molecular flexibility index (Phi) is 4.92. The standard InChI is InChI=1S/C23H24/c1-18(2)17-19-13-15-22(16-14-19)23(20-9-5-3-6-10-20)21-11-7-4-8-12-21/h3-16,18,23H,17H2,1-2H3. The van der Waals surface area contributed by atoms with E-state index in [0.717, 1.165) is 6.42 Å². The van der Waals surface area contributed by atoms with Crippen LogP contribution in [0.4, 0.5) is 0 Å². The summed E-state index contributed by atoms with van der Waals surface area (Å²) in [6.07, 6.45) is 1.14. The van der Waals surface area contributed by atoms with Crippen LogP contribution in [0.15, 0.2) is 84.9 Å². The zero-order valence-corrected chi connectivity index (χ0v) is 13.9. The van der Waals surface area contributed by atoms with Gasteiger partial charge >= 0.3 is 0 Å². The third kappa shape index (κ3) is 3.90. The van der Waals surface area contributed by atoms with Gasteiger partial charge in [-0.2, -0.15) is 0 Å². The zero-order valence-electron chi connectivity index (χ0n) is 13.9. The lowest BCUT2D eigenvalue weighted by Crippen LogP contribution is -2.03. The molecule has 0 aromatic heterocycles. The second kappa shape index (κ2) is 7.28. The first kappa shape index (κ1) is 15.6. The van der Waals surface area contributed by atoms with E-state index in [4.69, 9.17) is 0 Å². The van der Waals surface area contributed by atoms with Crippen LogP contribution in [0, 0.1) is 5.92 Å². The van der Waals surface area contributed by atoms with E-state index in [1.165, 1.54) is 22.3 Å². The van der Waals surface area contributed by atoms with E-state index in [9.17, 15) is 0 Å². The second-order valence-electron chi connectivity index (χ2n) is 6.59. The molecule has 0 bridgehead atoms. The highest BCUT2D eigenvalue weighted by atomic mass is 14.2. The Bertz CT molecular complexity index is 670. The molecule has 0 spiro atoms. The molecule has 0 radical (unpaired) electrons. The lowest BCUT2D eigenvalue weighted by molar-refractivity contribution is 0.647. The lowest BCUT2D eigenvalue weighted by Gasteiger charge is -2.19. The third-order valence-corrected chi connectivity index (χ3v) is 4.22. The first-order chi connectivity index (χ1) is 11.2. The van der Waals surface area contributed by atoms with Crippen LogP contribution in [0.5, 0.6) is 0 Å². The largest absolute Gasteiger partial charge is 0.0625 e. The van der Waals surface area contributed by atoms with E-state index in [1.807, 2.05) is 0 Å². The van der Waals surface area contributed by atoms with Crippen LogP contribution in [-0.4, -0.2) is 0 Å². The topological polar surface area (TPSA) is 0 Å². The van der Waals surface area contributed by atoms with Crippen molar-refractivity contribution in [3.63, 3.8) is 0 Å². The molecule has 0 nitrogen and oxygen atoms in total. The molecule has 0 aliphatic rings. The van der Waals surface area contributed by atoms with Crippen molar-refractivity contribution in [2.24, 2.45) is 5.92 Å². The quantitative estimate of drug-likeness (QED) is 0.502. The molecule has 0 aliphatic heterocycles. The Balaban J connectivity index is 1.99. The monoisotopic (exact) mass is 300 g/mol. The van der Waals surface area contributed by atoms with Crippen LogP contribution in [0.25, 0.3) is 0 Å². The minimum absolute atomic E-state index is 0.297. The Labute approximate surface area is 139 Å². The van der Waals surface area contributed by atoms with Crippen molar-refractivity contribution in [3.8, 4) is 0 Å². The molecule has 0 fully saturated rings. The number of benzene rings is 3. The van der Waals surface area contributed by atoms with Crippen molar-refractivity contribution in [1.29, 1.82) is 0 Å². The molecule has 23 heavy (non-hydrogen) atoms. The van der Waals surface area contributed by atoms with Crippen molar-refractivity contribution in [2.75, 3.05) is 0 Å². The molecule has 3 aromatic rings. The van der Waals surface area contributed by atoms with Crippen molar-refractivity contribution in [3.05, 3.63) is 107 Å². The molecular weight excluding hydrogens is 276 g/mol. The van der Waals surface area contributed by atoms with Crippen molar-refractivity contribution < 1.29 is 0 Å². The number of hydrogen-bond acceptors (Lipinski definition) is 0. The summed E-state index contributed by atoms with van der Waals surface area (Å²) >= 11 is 0. The fourth-order valence-corrected chi connectivity index (χ4v) is 3.19. The minimum atomic E-state index is 0.297. The maximum absolute atomic E-state index is 2.29. The maximum atomic E-state index is 2.29. The molecule has 0 aliphatic carbocycles. The van der Waals surface area contributed by atoms with Gasteiger partial charge in [0.2, 0.25) is 0 Å². The predicted molar refractivity (Wildman–Crippen MR) is 98.8 cm³/mol. The Morgan fingerprint density at radius 3 is 1.43 bits per heavy atom. The van der Waals surface area contributed by atoms with Gasteiger partial charge in [0.05, 0.1) is 0 Å². The van der Waals surface area contributed by atoms with Gasteiger partial charge in [-0.25, -0.2) is 0 Å². The Hall–Kier alpha value is -2.34. The summed E-state index contributed by atoms with van der Waals surface area (Å²) in [7, 11) is 0. The smallest absolute Gasteiger partial charge is 0.0339 e. The summed E-state index contributed by atoms with van der Waals surface area (Å²) in [4.78, 5) is 0. The molecule has 0 heterocycles. The molecule has 116 valence electrons. The van der Waals surface area contributed by atoms with Crippen molar-refractivity contribution in [1.82, 2.24) is 0 Å². The Morgan fingerprint density at radius 1 is 0.565 bits per heavy atom. The molecule has 3 rings (SSSR count). The Morgan fingerprint density at radius 2 is 1.00 bits per heavy atom. The summed E-state index contributed by atoms with van der Waals surface area (Å²) in [5.74, 6) is 0.991. The molecule has 3 aromatic carbocycles. The summed E-state index contributed by atoms with van der Waals surface area (Å²) < 4.78 is 0. The van der Waals surface area contributed by atoms with E-state index < -0.39 is 0 Å². The van der Waals surface area contributed by atoms with Gasteiger partial charge < -0.3 is 0 Å². The fourth-order valence-electron chi connectivity index (χ4n) is 3.19. The van der Waals surface area contributed by atoms with Gasteiger partial charge in [0.25, 0.3) is 0 Å². The molecule has 0 N–H and O–H groups in total. The van der Waals surface area contributed by atoms with Crippen molar-refractivity contribution in [2.45, 2.75) is 26.2 Å². The molecule has 0 atom stereocenters. The third-order valence-electron chi connectivity index (χ3n) is 4.22. The minimum Gasteiger partial charge on any atom is -0.0625 e. The average molecular weight is 300 g/mol. The molecule has 0 unspecified atom stereocenters. The van der Waals surface area contributed by atoms with Crippen LogP contribution in [0.3, 0.4) is 0 Å². The van der Waals surface area contributed by atoms with Crippen LogP contribution in [0.1, 0.15) is 42.0 Å². The highest BCUT2D eigenvalue weighted by Crippen LogP contribution is 2.31. The van der Waals surface area contributed by atoms with E-state index >= 15 is 0 Å². The highest BCUT2D eigenvalue weighted by molar-refractivity contribution is 5.43. The van der Waals surface area contributed by atoms with Gasteiger partial charge in [0.1, 0.15) is 0 Å². The molecular formula is C23H24. The van der Waals surface area contributed by atoms with Crippen LogP contribution >= 0.6 is 0 Å². The second-order valence-corrected chi connectivity index (χ2v) is 6.59.